The number of aromatic amines is 1. The van der Waals surface area contributed by atoms with E-state index in [1.165, 1.54) is 0 Å². The molecule has 1 heterocycles. The molecule has 1 aromatic heterocycles. The normalized spacial score (nSPS) is 12.4. The number of nitrogens with one attached hydrogen (secondary N) is 1. The zero-order valence-corrected chi connectivity index (χ0v) is 10.5. The standard InChI is InChI=1S/C13H14N2O5/c16-6-10-7(1-2-11-9(10)5-14-15-11)3-8(13(19)20)4-12(17)18/h1-2,5,8,16H,3-4,6H2,(H,14,15)(H,17,18)(H,19,20)/t8-/m1/s1. The highest BCUT2D eigenvalue weighted by Crippen LogP contribution is 2.24. The molecule has 0 unspecified atom stereocenters. The van der Waals surface area contributed by atoms with Crippen LogP contribution in [0.2, 0.25) is 0 Å². The Labute approximate surface area is 113 Å². The molecule has 0 fully saturated rings. The molecule has 0 spiro atoms. The lowest BCUT2D eigenvalue weighted by atomic mass is 9.92. The van der Waals surface area contributed by atoms with Crippen LogP contribution in [-0.2, 0) is 22.6 Å². The third-order valence-electron chi connectivity index (χ3n) is 3.23. The Morgan fingerprint density at radius 1 is 1.30 bits per heavy atom. The van der Waals surface area contributed by atoms with Gasteiger partial charge in [-0.2, -0.15) is 5.10 Å². The molecule has 1 atom stereocenters. The Bertz CT molecular complexity index is 649. The van der Waals surface area contributed by atoms with Crippen molar-refractivity contribution in [1.29, 1.82) is 0 Å². The number of H-pyrrole nitrogens is 1. The fourth-order valence-electron chi connectivity index (χ4n) is 2.22. The zero-order valence-electron chi connectivity index (χ0n) is 10.5. The molecule has 0 aliphatic heterocycles. The quantitative estimate of drug-likeness (QED) is 0.619. The molecular formula is C13H14N2O5. The lowest BCUT2D eigenvalue weighted by Gasteiger charge is -2.13. The van der Waals surface area contributed by atoms with Crippen molar-refractivity contribution in [3.63, 3.8) is 0 Å². The van der Waals surface area contributed by atoms with Crippen LogP contribution in [-0.4, -0.2) is 37.5 Å². The van der Waals surface area contributed by atoms with Gasteiger partial charge in [-0.1, -0.05) is 6.07 Å². The summed E-state index contributed by atoms with van der Waals surface area (Å²) >= 11 is 0. The molecule has 0 aliphatic rings. The van der Waals surface area contributed by atoms with Crippen LogP contribution in [0.25, 0.3) is 10.9 Å². The fourth-order valence-corrected chi connectivity index (χ4v) is 2.22. The van der Waals surface area contributed by atoms with E-state index in [-0.39, 0.29) is 13.0 Å². The molecule has 2 rings (SSSR count). The molecule has 106 valence electrons. The smallest absolute Gasteiger partial charge is 0.307 e. The molecular weight excluding hydrogens is 264 g/mol. The monoisotopic (exact) mass is 278 g/mol. The number of aromatic nitrogens is 2. The number of rotatable bonds is 6. The number of fused-ring (bicyclic) bond motifs is 1. The van der Waals surface area contributed by atoms with E-state index >= 15 is 0 Å². The second kappa shape index (κ2) is 5.70. The van der Waals surface area contributed by atoms with Crippen molar-refractivity contribution in [1.82, 2.24) is 10.2 Å². The SMILES string of the molecule is O=C(O)C[C@@H](Cc1ccc2[nH]ncc2c1CO)C(=O)O. The molecule has 2 aromatic rings. The van der Waals surface area contributed by atoms with E-state index in [0.717, 1.165) is 5.52 Å². The van der Waals surface area contributed by atoms with E-state index in [4.69, 9.17) is 10.2 Å². The number of aliphatic hydroxyl groups excluding tert-OH is 1. The fraction of sp³-hybridized carbons (Fsp3) is 0.308. The summed E-state index contributed by atoms with van der Waals surface area (Å²) in [5.74, 6) is -3.35. The van der Waals surface area contributed by atoms with Crippen molar-refractivity contribution in [3.05, 3.63) is 29.5 Å². The average molecular weight is 278 g/mol. The maximum Gasteiger partial charge on any atom is 0.307 e. The van der Waals surface area contributed by atoms with Gasteiger partial charge in [-0.05, 0) is 23.6 Å². The maximum absolute atomic E-state index is 11.1. The number of aliphatic carboxylic acids is 2. The first-order valence-corrected chi connectivity index (χ1v) is 6.02. The number of hydrogen-bond acceptors (Lipinski definition) is 4. The van der Waals surface area contributed by atoms with Crippen molar-refractivity contribution in [3.8, 4) is 0 Å². The first kappa shape index (κ1) is 14.0. The number of carboxylic acid groups (broad SMARTS) is 2. The summed E-state index contributed by atoms with van der Waals surface area (Å²) in [6.07, 6.45) is 1.15. The number of carbonyl (C=O) groups is 2. The van der Waals surface area contributed by atoms with Gasteiger partial charge in [-0.25, -0.2) is 0 Å². The molecule has 0 bridgehead atoms. The Morgan fingerprint density at radius 3 is 2.65 bits per heavy atom. The lowest BCUT2D eigenvalue weighted by Crippen LogP contribution is -2.20. The van der Waals surface area contributed by atoms with Gasteiger partial charge in [0.05, 0.1) is 30.7 Å². The van der Waals surface area contributed by atoms with Gasteiger partial charge < -0.3 is 15.3 Å². The van der Waals surface area contributed by atoms with Gasteiger partial charge in [0, 0.05) is 5.39 Å². The summed E-state index contributed by atoms with van der Waals surface area (Å²) in [6, 6.07) is 3.42. The van der Waals surface area contributed by atoms with Crippen LogP contribution >= 0.6 is 0 Å². The van der Waals surface area contributed by atoms with E-state index in [1.807, 2.05) is 0 Å². The highest BCUT2D eigenvalue weighted by molar-refractivity contribution is 5.83. The Kier molecular flexibility index (Phi) is 3.99. The van der Waals surface area contributed by atoms with Crippen molar-refractivity contribution in [2.75, 3.05) is 0 Å². The number of hydrogen-bond donors (Lipinski definition) is 4. The van der Waals surface area contributed by atoms with Gasteiger partial charge in [-0.3, -0.25) is 14.7 Å². The molecule has 4 N–H and O–H groups in total. The van der Waals surface area contributed by atoms with E-state index < -0.39 is 24.3 Å². The van der Waals surface area contributed by atoms with E-state index in [1.54, 1.807) is 18.3 Å². The summed E-state index contributed by atoms with van der Waals surface area (Å²) in [5.41, 5.74) is 1.94. The Hall–Kier alpha value is -2.41. The van der Waals surface area contributed by atoms with Crippen molar-refractivity contribution >= 4 is 22.8 Å². The molecule has 0 amide bonds. The third kappa shape index (κ3) is 2.77. The van der Waals surface area contributed by atoms with Crippen LogP contribution in [0.15, 0.2) is 18.3 Å². The zero-order chi connectivity index (χ0) is 14.7. The predicted octanol–water partition coefficient (Wildman–Crippen LogP) is 0.773. The van der Waals surface area contributed by atoms with Gasteiger partial charge in [0.2, 0.25) is 0 Å². The third-order valence-corrected chi connectivity index (χ3v) is 3.23. The van der Waals surface area contributed by atoms with E-state index in [9.17, 15) is 14.7 Å². The minimum Gasteiger partial charge on any atom is -0.481 e. The molecule has 0 aliphatic carbocycles. The Morgan fingerprint density at radius 2 is 2.05 bits per heavy atom. The number of carboxylic acids is 2. The molecule has 0 radical (unpaired) electrons. The van der Waals surface area contributed by atoms with E-state index in [0.29, 0.717) is 16.5 Å². The highest BCUT2D eigenvalue weighted by atomic mass is 16.4. The molecule has 20 heavy (non-hydrogen) atoms. The topological polar surface area (TPSA) is 124 Å². The van der Waals surface area contributed by atoms with Gasteiger partial charge in [0.1, 0.15) is 0 Å². The summed E-state index contributed by atoms with van der Waals surface area (Å²) in [5, 5.41) is 34.6. The average Bonchev–Trinajstić information content (AvgIpc) is 2.85. The Balaban J connectivity index is 2.36. The lowest BCUT2D eigenvalue weighted by molar-refractivity contribution is -0.148. The van der Waals surface area contributed by atoms with Crippen LogP contribution in [0.4, 0.5) is 0 Å². The van der Waals surface area contributed by atoms with Gasteiger partial charge >= 0.3 is 11.9 Å². The van der Waals surface area contributed by atoms with Crippen LogP contribution in [0.5, 0.6) is 0 Å². The van der Waals surface area contributed by atoms with Crippen LogP contribution in [0.1, 0.15) is 17.5 Å². The number of aliphatic hydroxyl groups is 1. The van der Waals surface area contributed by atoms with Crippen molar-refractivity contribution in [2.45, 2.75) is 19.4 Å². The first-order valence-electron chi connectivity index (χ1n) is 6.02. The van der Waals surface area contributed by atoms with E-state index in [2.05, 4.69) is 10.2 Å². The molecule has 7 nitrogen and oxygen atoms in total. The molecule has 0 saturated heterocycles. The highest BCUT2D eigenvalue weighted by Gasteiger charge is 2.23. The summed E-state index contributed by atoms with van der Waals surface area (Å²) in [7, 11) is 0. The second-order valence-corrected chi connectivity index (χ2v) is 4.53. The second-order valence-electron chi connectivity index (χ2n) is 4.53. The van der Waals surface area contributed by atoms with Crippen LogP contribution < -0.4 is 0 Å². The molecule has 1 aromatic carbocycles. The minimum absolute atomic E-state index is 0.0542. The summed E-state index contributed by atoms with van der Waals surface area (Å²) < 4.78 is 0. The number of benzene rings is 1. The molecule has 7 heteroatoms. The van der Waals surface area contributed by atoms with Crippen LogP contribution in [0, 0.1) is 5.92 Å². The van der Waals surface area contributed by atoms with Gasteiger partial charge in [-0.15, -0.1) is 0 Å². The minimum atomic E-state index is -1.16. The summed E-state index contributed by atoms with van der Waals surface area (Å²) in [6.45, 7) is -0.258. The summed E-state index contributed by atoms with van der Waals surface area (Å²) in [4.78, 5) is 21.8. The largest absolute Gasteiger partial charge is 0.481 e. The van der Waals surface area contributed by atoms with Crippen LogP contribution in [0.3, 0.4) is 0 Å². The van der Waals surface area contributed by atoms with Gasteiger partial charge in [0.15, 0.2) is 0 Å². The van der Waals surface area contributed by atoms with Gasteiger partial charge in [0.25, 0.3) is 0 Å². The van der Waals surface area contributed by atoms with Crippen molar-refractivity contribution in [2.24, 2.45) is 5.92 Å². The van der Waals surface area contributed by atoms with Crippen molar-refractivity contribution < 1.29 is 24.9 Å². The number of nitrogens with zero attached hydrogens (tertiary/aromatic N) is 1. The predicted molar refractivity (Wildman–Crippen MR) is 69.1 cm³/mol. The molecule has 0 saturated carbocycles. The maximum atomic E-state index is 11.1. The first-order chi connectivity index (χ1) is 9.52.